The SMILES string of the molecule is CCCCCCCCCCCCC[C@@H](O)CC1CO1. The van der Waals surface area contributed by atoms with Gasteiger partial charge in [0.15, 0.2) is 0 Å². The lowest BCUT2D eigenvalue weighted by Gasteiger charge is -2.08. The normalized spacial score (nSPS) is 19.6. The van der Waals surface area contributed by atoms with Crippen molar-refractivity contribution in [2.75, 3.05) is 6.61 Å². The first-order valence-corrected chi connectivity index (χ1v) is 8.62. The second-order valence-corrected chi connectivity index (χ2v) is 6.17. The van der Waals surface area contributed by atoms with Crippen molar-refractivity contribution >= 4 is 0 Å². The molecule has 1 aliphatic rings. The molecule has 1 rings (SSSR count). The first-order chi connectivity index (χ1) is 9.33. The van der Waals surface area contributed by atoms with E-state index in [0.717, 1.165) is 19.4 Å². The molecule has 2 heteroatoms. The standard InChI is InChI=1S/C17H34O2/c1-2-3-4-5-6-7-8-9-10-11-12-13-16(18)14-17-15-19-17/h16-18H,2-15H2,1H3/t16-,17?/m1/s1. The van der Waals surface area contributed by atoms with Gasteiger partial charge in [-0.05, 0) is 6.42 Å². The van der Waals surface area contributed by atoms with Crippen molar-refractivity contribution in [3.63, 3.8) is 0 Å². The third-order valence-electron chi connectivity index (χ3n) is 4.08. The van der Waals surface area contributed by atoms with Gasteiger partial charge in [0.05, 0.1) is 18.8 Å². The van der Waals surface area contributed by atoms with E-state index in [-0.39, 0.29) is 6.10 Å². The van der Waals surface area contributed by atoms with Crippen LogP contribution >= 0.6 is 0 Å². The summed E-state index contributed by atoms with van der Waals surface area (Å²) in [6.07, 6.45) is 17.2. The van der Waals surface area contributed by atoms with Gasteiger partial charge in [0, 0.05) is 6.42 Å². The van der Waals surface area contributed by atoms with Crippen LogP contribution in [0.3, 0.4) is 0 Å². The number of hydrogen-bond donors (Lipinski definition) is 1. The number of epoxide rings is 1. The van der Waals surface area contributed by atoms with E-state index in [1.165, 1.54) is 70.6 Å². The topological polar surface area (TPSA) is 32.8 Å². The third-order valence-corrected chi connectivity index (χ3v) is 4.08. The average molecular weight is 270 g/mol. The van der Waals surface area contributed by atoms with Crippen LogP contribution in [-0.4, -0.2) is 23.9 Å². The summed E-state index contributed by atoms with van der Waals surface area (Å²) in [6, 6.07) is 0. The smallest absolute Gasteiger partial charge is 0.0834 e. The van der Waals surface area contributed by atoms with Gasteiger partial charge in [-0.1, -0.05) is 77.6 Å². The number of hydrogen-bond acceptors (Lipinski definition) is 2. The molecular formula is C17H34O2. The fourth-order valence-electron chi connectivity index (χ4n) is 2.67. The first kappa shape index (κ1) is 17.0. The Morgan fingerprint density at radius 3 is 1.84 bits per heavy atom. The van der Waals surface area contributed by atoms with Crippen LogP contribution in [0.4, 0.5) is 0 Å². The maximum Gasteiger partial charge on any atom is 0.0834 e. The molecule has 1 saturated heterocycles. The highest BCUT2D eigenvalue weighted by atomic mass is 16.6. The highest BCUT2D eigenvalue weighted by Crippen LogP contribution is 2.19. The van der Waals surface area contributed by atoms with E-state index in [1.54, 1.807) is 0 Å². The number of unbranched alkanes of at least 4 members (excludes halogenated alkanes) is 10. The van der Waals surface area contributed by atoms with Crippen LogP contribution in [0.5, 0.6) is 0 Å². The van der Waals surface area contributed by atoms with Crippen molar-refractivity contribution in [3.05, 3.63) is 0 Å². The molecule has 0 aromatic rings. The van der Waals surface area contributed by atoms with Crippen molar-refractivity contribution in [1.29, 1.82) is 0 Å². The Hall–Kier alpha value is -0.0800. The summed E-state index contributed by atoms with van der Waals surface area (Å²) in [5.41, 5.74) is 0. The fraction of sp³-hybridized carbons (Fsp3) is 1.00. The molecule has 1 aliphatic heterocycles. The van der Waals surface area contributed by atoms with Crippen LogP contribution in [0.15, 0.2) is 0 Å². The maximum atomic E-state index is 9.72. The van der Waals surface area contributed by atoms with Gasteiger partial charge in [0.1, 0.15) is 0 Å². The quantitative estimate of drug-likeness (QED) is 0.362. The molecule has 0 aromatic carbocycles. The predicted molar refractivity (Wildman–Crippen MR) is 81.4 cm³/mol. The predicted octanol–water partition coefficient (Wildman–Crippen LogP) is 4.84. The van der Waals surface area contributed by atoms with Crippen molar-refractivity contribution in [3.8, 4) is 0 Å². The van der Waals surface area contributed by atoms with Gasteiger partial charge in [-0.3, -0.25) is 0 Å². The third kappa shape index (κ3) is 11.4. The van der Waals surface area contributed by atoms with Gasteiger partial charge in [0.25, 0.3) is 0 Å². The van der Waals surface area contributed by atoms with Crippen LogP contribution in [0.2, 0.25) is 0 Å². The van der Waals surface area contributed by atoms with E-state index in [0.29, 0.717) is 6.10 Å². The summed E-state index contributed by atoms with van der Waals surface area (Å²) in [5, 5.41) is 9.72. The highest BCUT2D eigenvalue weighted by molar-refractivity contribution is 4.73. The van der Waals surface area contributed by atoms with E-state index in [9.17, 15) is 5.11 Å². The minimum Gasteiger partial charge on any atom is -0.393 e. The summed E-state index contributed by atoms with van der Waals surface area (Å²) in [4.78, 5) is 0. The Kier molecular flexibility index (Phi) is 10.5. The van der Waals surface area contributed by atoms with E-state index >= 15 is 0 Å². The first-order valence-electron chi connectivity index (χ1n) is 8.62. The van der Waals surface area contributed by atoms with E-state index in [1.807, 2.05) is 0 Å². The van der Waals surface area contributed by atoms with Gasteiger partial charge < -0.3 is 9.84 Å². The van der Waals surface area contributed by atoms with Crippen molar-refractivity contribution < 1.29 is 9.84 Å². The molecule has 0 aromatic heterocycles. The molecule has 0 amide bonds. The van der Waals surface area contributed by atoms with Crippen LogP contribution in [0, 0.1) is 0 Å². The highest BCUT2D eigenvalue weighted by Gasteiger charge is 2.25. The Morgan fingerprint density at radius 2 is 1.37 bits per heavy atom. The summed E-state index contributed by atoms with van der Waals surface area (Å²) >= 11 is 0. The van der Waals surface area contributed by atoms with Crippen LogP contribution < -0.4 is 0 Å². The minimum atomic E-state index is -0.119. The van der Waals surface area contributed by atoms with Crippen LogP contribution in [-0.2, 0) is 4.74 Å². The molecule has 19 heavy (non-hydrogen) atoms. The fourth-order valence-corrected chi connectivity index (χ4v) is 2.67. The molecule has 0 spiro atoms. The van der Waals surface area contributed by atoms with E-state index in [4.69, 9.17) is 4.74 Å². The number of ether oxygens (including phenoxy) is 1. The molecule has 0 saturated carbocycles. The molecule has 2 atom stereocenters. The number of aliphatic hydroxyl groups excluding tert-OH is 1. The molecule has 2 nitrogen and oxygen atoms in total. The molecule has 0 aliphatic carbocycles. The lowest BCUT2D eigenvalue weighted by molar-refractivity contribution is 0.139. The van der Waals surface area contributed by atoms with Gasteiger partial charge in [-0.25, -0.2) is 0 Å². The average Bonchev–Trinajstić information content (AvgIpc) is 3.20. The molecule has 1 fully saturated rings. The zero-order valence-electron chi connectivity index (χ0n) is 12.9. The van der Waals surface area contributed by atoms with Crippen LogP contribution in [0.25, 0.3) is 0 Å². The Balaban J connectivity index is 1.68. The molecule has 114 valence electrons. The van der Waals surface area contributed by atoms with Gasteiger partial charge >= 0.3 is 0 Å². The zero-order chi connectivity index (χ0) is 13.8. The molecule has 1 heterocycles. The zero-order valence-corrected chi connectivity index (χ0v) is 12.9. The van der Waals surface area contributed by atoms with Gasteiger partial charge in [-0.2, -0.15) is 0 Å². The van der Waals surface area contributed by atoms with Crippen molar-refractivity contribution in [1.82, 2.24) is 0 Å². The van der Waals surface area contributed by atoms with Crippen molar-refractivity contribution in [2.45, 2.75) is 103 Å². The number of rotatable bonds is 14. The Bertz CT molecular complexity index is 190. The second kappa shape index (κ2) is 11.7. The summed E-state index contributed by atoms with van der Waals surface area (Å²) < 4.78 is 5.13. The lowest BCUT2D eigenvalue weighted by atomic mass is 10.0. The molecule has 0 radical (unpaired) electrons. The maximum absolute atomic E-state index is 9.72. The molecular weight excluding hydrogens is 236 g/mol. The van der Waals surface area contributed by atoms with Gasteiger partial charge in [-0.15, -0.1) is 0 Å². The number of aliphatic hydroxyl groups is 1. The summed E-state index contributed by atoms with van der Waals surface area (Å²) in [7, 11) is 0. The van der Waals surface area contributed by atoms with Gasteiger partial charge in [0.2, 0.25) is 0 Å². The summed E-state index contributed by atoms with van der Waals surface area (Å²) in [5.74, 6) is 0. The second-order valence-electron chi connectivity index (χ2n) is 6.17. The summed E-state index contributed by atoms with van der Waals surface area (Å²) in [6.45, 7) is 3.14. The van der Waals surface area contributed by atoms with E-state index < -0.39 is 0 Å². The Morgan fingerprint density at radius 1 is 0.895 bits per heavy atom. The molecule has 0 bridgehead atoms. The lowest BCUT2D eigenvalue weighted by Crippen LogP contribution is -2.09. The largest absolute Gasteiger partial charge is 0.393 e. The molecule has 1 N–H and O–H groups in total. The van der Waals surface area contributed by atoms with Crippen LogP contribution in [0.1, 0.15) is 90.4 Å². The van der Waals surface area contributed by atoms with E-state index in [2.05, 4.69) is 6.92 Å². The Labute approximate surface area is 119 Å². The molecule has 1 unspecified atom stereocenters. The minimum absolute atomic E-state index is 0.119. The van der Waals surface area contributed by atoms with Crippen molar-refractivity contribution in [2.24, 2.45) is 0 Å². The monoisotopic (exact) mass is 270 g/mol.